The number of nitrogens with zero attached hydrogens (tertiary/aromatic N) is 2. The number of aromatic nitrogens is 1. The minimum absolute atomic E-state index is 0.137. The summed E-state index contributed by atoms with van der Waals surface area (Å²) in [4.78, 5) is 16.3. The number of hydrogen-bond donors (Lipinski definition) is 1. The molecule has 3 atom stereocenters. The molecule has 2 heterocycles. The first-order chi connectivity index (χ1) is 15.5. The Balaban J connectivity index is 1.19. The van der Waals surface area contributed by atoms with Crippen LogP contribution in [0.4, 0.5) is 0 Å². The summed E-state index contributed by atoms with van der Waals surface area (Å²) in [5.41, 5.74) is 3.03. The maximum atomic E-state index is 11.4. The molecule has 32 heavy (non-hydrogen) atoms. The third-order valence-electron chi connectivity index (χ3n) is 6.55. The Kier molecular flexibility index (Phi) is 5.00. The van der Waals surface area contributed by atoms with E-state index in [9.17, 15) is 9.90 Å². The molecule has 6 nitrogen and oxygen atoms in total. The third-order valence-corrected chi connectivity index (χ3v) is 6.55. The lowest BCUT2D eigenvalue weighted by Gasteiger charge is -2.11. The largest absolute Gasteiger partial charge is 0.494 e. The minimum Gasteiger partial charge on any atom is -0.494 e. The molecule has 2 unspecified atom stereocenters. The van der Waals surface area contributed by atoms with Crippen molar-refractivity contribution in [2.75, 3.05) is 6.61 Å². The third kappa shape index (κ3) is 3.66. The molecule has 0 saturated heterocycles. The summed E-state index contributed by atoms with van der Waals surface area (Å²) in [7, 11) is 1.83. The maximum absolute atomic E-state index is 11.4. The number of aryl methyl sites for hydroxylation is 1. The minimum atomic E-state index is -0.901. The number of rotatable bonds is 8. The van der Waals surface area contributed by atoms with E-state index in [1.165, 1.54) is 0 Å². The topological polar surface area (TPSA) is 73.0 Å². The van der Waals surface area contributed by atoms with Crippen LogP contribution in [0, 0.1) is 5.92 Å². The van der Waals surface area contributed by atoms with E-state index in [0.717, 1.165) is 34.8 Å². The SMILES string of the molecule is CC1[C@@H]2OC(c3ccccc3)=NC12CCOc1ccc(Cc2cn(C)cc2C(=O)O)cc1. The number of fused-ring (bicyclic) bond motifs is 1. The molecule has 3 aromatic rings. The van der Waals surface area contributed by atoms with Crippen molar-refractivity contribution in [1.29, 1.82) is 0 Å². The number of ether oxygens (including phenoxy) is 2. The number of hydrogen-bond acceptors (Lipinski definition) is 4. The number of carboxylic acids is 1. The smallest absolute Gasteiger partial charge is 0.337 e. The molecule has 1 fully saturated rings. The molecule has 1 saturated carbocycles. The highest BCUT2D eigenvalue weighted by molar-refractivity contribution is 5.96. The van der Waals surface area contributed by atoms with Gasteiger partial charge in [0.1, 0.15) is 17.4 Å². The van der Waals surface area contributed by atoms with Crippen molar-refractivity contribution in [3.8, 4) is 5.75 Å². The zero-order valence-corrected chi connectivity index (χ0v) is 18.2. The predicted octanol–water partition coefficient (Wildman–Crippen LogP) is 4.32. The molecule has 0 radical (unpaired) electrons. The van der Waals surface area contributed by atoms with Crippen molar-refractivity contribution in [2.24, 2.45) is 18.0 Å². The van der Waals surface area contributed by atoms with Crippen LogP contribution in [-0.2, 0) is 18.2 Å². The van der Waals surface area contributed by atoms with Crippen LogP contribution in [0.5, 0.6) is 5.75 Å². The van der Waals surface area contributed by atoms with Gasteiger partial charge in [0.15, 0.2) is 0 Å². The van der Waals surface area contributed by atoms with Crippen LogP contribution < -0.4 is 4.74 Å². The second kappa shape index (κ2) is 7.86. The van der Waals surface area contributed by atoms with Gasteiger partial charge in [0.2, 0.25) is 5.90 Å². The van der Waals surface area contributed by atoms with Crippen LogP contribution in [0.25, 0.3) is 0 Å². The number of carboxylic acid groups (broad SMARTS) is 1. The Hall–Kier alpha value is -3.54. The summed E-state index contributed by atoms with van der Waals surface area (Å²) < 4.78 is 13.9. The van der Waals surface area contributed by atoms with E-state index < -0.39 is 5.97 Å². The van der Waals surface area contributed by atoms with Gasteiger partial charge in [0, 0.05) is 37.3 Å². The molecule has 0 amide bonds. The number of aliphatic imine (C=N–C) groups is 1. The van der Waals surface area contributed by atoms with E-state index in [1.807, 2.05) is 67.8 Å². The van der Waals surface area contributed by atoms with E-state index >= 15 is 0 Å². The second-order valence-corrected chi connectivity index (χ2v) is 8.69. The fourth-order valence-corrected chi connectivity index (χ4v) is 4.64. The van der Waals surface area contributed by atoms with E-state index in [-0.39, 0.29) is 11.6 Å². The van der Waals surface area contributed by atoms with Crippen molar-refractivity contribution in [3.63, 3.8) is 0 Å². The van der Waals surface area contributed by atoms with Crippen LogP contribution in [-0.4, -0.2) is 39.8 Å². The molecule has 2 aliphatic rings. The summed E-state index contributed by atoms with van der Waals surface area (Å²) in [5, 5.41) is 9.36. The average molecular weight is 431 g/mol. The Morgan fingerprint density at radius 1 is 1.16 bits per heavy atom. The lowest BCUT2D eigenvalue weighted by atomic mass is 10.0. The summed E-state index contributed by atoms with van der Waals surface area (Å²) in [5.74, 6) is 1.03. The molecule has 1 aliphatic carbocycles. The first kappa shape index (κ1) is 20.4. The number of aromatic carboxylic acids is 1. The van der Waals surface area contributed by atoms with Gasteiger partial charge in [-0.1, -0.05) is 37.3 Å². The Morgan fingerprint density at radius 2 is 1.91 bits per heavy atom. The average Bonchev–Trinajstić information content (AvgIpc) is 3.12. The lowest BCUT2D eigenvalue weighted by Crippen LogP contribution is -2.15. The summed E-state index contributed by atoms with van der Waals surface area (Å²) in [6.07, 6.45) is 5.01. The van der Waals surface area contributed by atoms with E-state index in [1.54, 1.807) is 10.8 Å². The summed E-state index contributed by atoms with van der Waals surface area (Å²) >= 11 is 0. The van der Waals surface area contributed by atoms with Gasteiger partial charge in [-0.3, -0.25) is 0 Å². The lowest BCUT2D eigenvalue weighted by molar-refractivity contribution is 0.0696. The fraction of sp³-hybridized carbons (Fsp3) is 0.308. The Bertz CT molecular complexity index is 1170. The zero-order chi connectivity index (χ0) is 22.3. The van der Waals surface area contributed by atoms with Gasteiger partial charge in [-0.25, -0.2) is 9.79 Å². The normalized spacial score (nSPS) is 23.2. The molecule has 1 N–H and O–H groups in total. The molecule has 1 aromatic heterocycles. The molecule has 0 spiro atoms. The van der Waals surface area contributed by atoms with Crippen molar-refractivity contribution >= 4 is 11.9 Å². The van der Waals surface area contributed by atoms with Crippen molar-refractivity contribution < 1.29 is 19.4 Å². The highest BCUT2D eigenvalue weighted by Crippen LogP contribution is 2.56. The second-order valence-electron chi connectivity index (χ2n) is 8.69. The van der Waals surface area contributed by atoms with Crippen LogP contribution in [0.15, 0.2) is 72.0 Å². The number of carbonyl (C=O) groups is 1. The van der Waals surface area contributed by atoms with Gasteiger partial charge >= 0.3 is 5.97 Å². The highest BCUT2D eigenvalue weighted by Gasteiger charge is 2.68. The molecule has 1 aliphatic heterocycles. The fourth-order valence-electron chi connectivity index (χ4n) is 4.64. The van der Waals surface area contributed by atoms with Crippen molar-refractivity contribution in [1.82, 2.24) is 4.57 Å². The molecule has 0 bridgehead atoms. The Morgan fingerprint density at radius 3 is 2.62 bits per heavy atom. The molecule has 2 aromatic carbocycles. The molecule has 5 rings (SSSR count). The van der Waals surface area contributed by atoms with Gasteiger partial charge in [0.25, 0.3) is 0 Å². The van der Waals surface area contributed by atoms with Crippen LogP contribution in [0.1, 0.15) is 40.4 Å². The molecule has 164 valence electrons. The zero-order valence-electron chi connectivity index (χ0n) is 18.2. The van der Waals surface area contributed by atoms with Gasteiger partial charge in [-0.2, -0.15) is 0 Å². The van der Waals surface area contributed by atoms with Crippen LogP contribution in [0.3, 0.4) is 0 Å². The van der Waals surface area contributed by atoms with Crippen molar-refractivity contribution in [2.45, 2.75) is 31.4 Å². The van der Waals surface area contributed by atoms with Crippen LogP contribution in [0.2, 0.25) is 0 Å². The number of benzene rings is 2. The monoisotopic (exact) mass is 430 g/mol. The van der Waals surface area contributed by atoms with Gasteiger partial charge in [-0.05, 0) is 41.8 Å². The molecule has 6 heteroatoms. The quantitative estimate of drug-likeness (QED) is 0.578. The first-order valence-electron chi connectivity index (χ1n) is 10.9. The van der Waals surface area contributed by atoms with E-state index in [4.69, 9.17) is 14.5 Å². The highest BCUT2D eigenvalue weighted by atomic mass is 16.5. The molecular weight excluding hydrogens is 404 g/mol. The summed E-state index contributed by atoms with van der Waals surface area (Å²) in [6, 6.07) is 17.9. The first-order valence-corrected chi connectivity index (χ1v) is 10.9. The van der Waals surface area contributed by atoms with E-state index in [2.05, 4.69) is 6.92 Å². The maximum Gasteiger partial charge on any atom is 0.337 e. The van der Waals surface area contributed by atoms with Crippen LogP contribution >= 0.6 is 0 Å². The predicted molar refractivity (Wildman–Crippen MR) is 121 cm³/mol. The molecular formula is C26H26N2O4. The van der Waals surface area contributed by atoms with Gasteiger partial charge < -0.3 is 19.1 Å². The van der Waals surface area contributed by atoms with Crippen molar-refractivity contribution in [3.05, 3.63) is 89.2 Å². The summed E-state index contributed by atoms with van der Waals surface area (Å²) in [6.45, 7) is 2.75. The van der Waals surface area contributed by atoms with Gasteiger partial charge in [-0.15, -0.1) is 0 Å². The standard InChI is InChI=1S/C26H26N2O4/c1-17-23-26(17,27-24(32-23)19-6-4-3-5-7-19)12-13-31-21-10-8-18(9-11-21)14-20-15-28(2)16-22(20)25(29)30/h3-11,15-17,23H,12-14H2,1-2H3,(H,29,30)/t17?,23-,26?/m0/s1. The van der Waals surface area contributed by atoms with Gasteiger partial charge in [0.05, 0.1) is 12.2 Å². The Labute approximate surface area is 187 Å². The van der Waals surface area contributed by atoms with E-state index in [0.29, 0.717) is 24.5 Å².